The molecule has 3 heterocycles. The summed E-state index contributed by atoms with van der Waals surface area (Å²) in [6, 6.07) is 5.94. The van der Waals surface area contributed by atoms with Gasteiger partial charge in [0, 0.05) is 15.3 Å². The van der Waals surface area contributed by atoms with Gasteiger partial charge in [-0.25, -0.2) is 4.79 Å². The average molecular weight is 549 g/mol. The van der Waals surface area contributed by atoms with E-state index in [9.17, 15) is 19.8 Å². The lowest BCUT2D eigenvalue weighted by Crippen LogP contribution is -2.66. The van der Waals surface area contributed by atoms with Crippen LogP contribution in [0.1, 0.15) is 10.4 Å². The smallest absolute Gasteiger partial charge is 0.325 e. The SMILES string of the molecule is C1COCO1.NC1(C(=O)c2ccc(I)cc2)C=CN([C@@H]2O[C@H](CO)[C@@H](O)[C@H]2O)C(=O)N1. The second kappa shape index (κ2) is 10.3. The van der Waals surface area contributed by atoms with E-state index in [0.717, 1.165) is 21.7 Å². The number of amides is 2. The standard InChI is InChI=1S/C16H18IN3O6.C3H6O2/c17-9-3-1-8(2-4-9)13(24)16(18)5-6-20(15(25)19-16)14-12(23)11(22)10(7-21)26-14;1-2-5-3-4-1/h1-6,10-12,14,21-23H,7,18H2,(H,19,25);1-3H2/t10-,11-,12-,14-,16?;/m1./s1. The Bertz CT molecular complexity index is 811. The van der Waals surface area contributed by atoms with Gasteiger partial charge in [0.15, 0.2) is 11.9 Å². The summed E-state index contributed by atoms with van der Waals surface area (Å²) in [6.07, 6.45) is -2.48. The number of halogens is 1. The van der Waals surface area contributed by atoms with Crippen LogP contribution in [0, 0.1) is 3.57 Å². The third kappa shape index (κ3) is 5.40. The van der Waals surface area contributed by atoms with E-state index in [1.54, 1.807) is 24.3 Å². The number of nitrogens with two attached hydrogens (primary N) is 1. The fourth-order valence-corrected chi connectivity index (χ4v) is 3.49. The number of carbonyl (C=O) groups excluding carboxylic acids is 2. The molecule has 1 unspecified atom stereocenters. The third-order valence-corrected chi connectivity index (χ3v) is 5.58. The first-order valence-electron chi connectivity index (χ1n) is 9.44. The fourth-order valence-electron chi connectivity index (χ4n) is 3.13. The van der Waals surface area contributed by atoms with Crippen molar-refractivity contribution in [2.75, 3.05) is 26.6 Å². The van der Waals surface area contributed by atoms with Crippen LogP contribution >= 0.6 is 22.6 Å². The van der Waals surface area contributed by atoms with Gasteiger partial charge in [0.25, 0.3) is 0 Å². The molecule has 6 N–H and O–H groups in total. The zero-order chi connectivity index (χ0) is 22.6. The summed E-state index contributed by atoms with van der Waals surface area (Å²) < 4.78 is 15.7. The normalized spacial score (nSPS) is 32.4. The van der Waals surface area contributed by atoms with Crippen molar-refractivity contribution in [3.8, 4) is 0 Å². The molecular weight excluding hydrogens is 525 g/mol. The van der Waals surface area contributed by atoms with Gasteiger partial charge in [0.2, 0.25) is 5.78 Å². The summed E-state index contributed by atoms with van der Waals surface area (Å²) in [6.45, 7) is 1.54. The molecule has 5 atom stereocenters. The van der Waals surface area contributed by atoms with Crippen LogP contribution in [-0.4, -0.2) is 88.9 Å². The number of ether oxygens (including phenoxy) is 3. The number of urea groups is 1. The first-order chi connectivity index (χ1) is 14.8. The van der Waals surface area contributed by atoms with Crippen molar-refractivity contribution >= 4 is 34.4 Å². The number of aliphatic hydroxyl groups is 3. The van der Waals surface area contributed by atoms with Crippen molar-refractivity contribution in [2.24, 2.45) is 5.73 Å². The highest BCUT2D eigenvalue weighted by molar-refractivity contribution is 14.1. The molecule has 11 nitrogen and oxygen atoms in total. The molecule has 2 saturated heterocycles. The Balaban J connectivity index is 0.000000478. The molecule has 0 aromatic heterocycles. The van der Waals surface area contributed by atoms with Gasteiger partial charge in [0.05, 0.1) is 19.8 Å². The monoisotopic (exact) mass is 549 g/mol. The van der Waals surface area contributed by atoms with Gasteiger partial charge in [-0.15, -0.1) is 0 Å². The van der Waals surface area contributed by atoms with Crippen molar-refractivity contribution in [1.29, 1.82) is 0 Å². The molecule has 3 aliphatic heterocycles. The van der Waals surface area contributed by atoms with Gasteiger partial charge in [-0.2, -0.15) is 0 Å². The van der Waals surface area contributed by atoms with Gasteiger partial charge in [-0.1, -0.05) is 12.1 Å². The average Bonchev–Trinajstić information content (AvgIpc) is 3.42. The number of hydrogen-bond acceptors (Lipinski definition) is 9. The predicted octanol–water partition coefficient (Wildman–Crippen LogP) is -0.902. The van der Waals surface area contributed by atoms with Crippen LogP contribution in [0.5, 0.6) is 0 Å². The van der Waals surface area contributed by atoms with E-state index in [-0.39, 0.29) is 0 Å². The van der Waals surface area contributed by atoms with E-state index in [1.165, 1.54) is 12.3 Å². The Morgan fingerprint density at radius 3 is 2.35 bits per heavy atom. The number of rotatable bonds is 4. The zero-order valence-electron chi connectivity index (χ0n) is 16.4. The Hall–Kier alpha value is -1.65. The number of nitrogens with zero attached hydrogens (tertiary/aromatic N) is 1. The first-order valence-corrected chi connectivity index (χ1v) is 10.5. The summed E-state index contributed by atoms with van der Waals surface area (Å²) in [5, 5.41) is 31.4. The van der Waals surface area contributed by atoms with Crippen LogP contribution in [0.15, 0.2) is 36.5 Å². The molecule has 0 radical (unpaired) electrons. The molecule has 12 heteroatoms. The molecule has 4 rings (SSSR count). The number of hydrogen-bond donors (Lipinski definition) is 5. The van der Waals surface area contributed by atoms with Crippen molar-refractivity contribution in [3.63, 3.8) is 0 Å². The van der Waals surface area contributed by atoms with E-state index >= 15 is 0 Å². The van der Waals surface area contributed by atoms with Crippen LogP contribution < -0.4 is 11.1 Å². The molecule has 0 spiro atoms. The summed E-state index contributed by atoms with van der Waals surface area (Å²) >= 11 is 2.10. The molecule has 3 aliphatic rings. The summed E-state index contributed by atoms with van der Waals surface area (Å²) in [4.78, 5) is 26.1. The quantitative estimate of drug-likeness (QED) is 0.237. The van der Waals surface area contributed by atoms with E-state index in [2.05, 4.69) is 27.9 Å². The molecule has 0 saturated carbocycles. The van der Waals surface area contributed by atoms with E-state index < -0.39 is 48.6 Å². The lowest BCUT2D eigenvalue weighted by Gasteiger charge is -2.36. The van der Waals surface area contributed by atoms with Gasteiger partial charge >= 0.3 is 6.03 Å². The van der Waals surface area contributed by atoms with Crippen LogP contribution in [0.25, 0.3) is 0 Å². The lowest BCUT2D eigenvalue weighted by atomic mass is 9.97. The molecule has 1 aromatic carbocycles. The molecule has 170 valence electrons. The van der Waals surface area contributed by atoms with Crippen molar-refractivity contribution in [3.05, 3.63) is 45.7 Å². The Labute approximate surface area is 191 Å². The largest absolute Gasteiger partial charge is 0.394 e. The third-order valence-electron chi connectivity index (χ3n) is 4.86. The minimum absolute atomic E-state index is 0.333. The molecular formula is C19H24IN3O8. The molecule has 31 heavy (non-hydrogen) atoms. The fraction of sp³-hybridized carbons (Fsp3) is 0.474. The number of benzene rings is 1. The first kappa shape index (κ1) is 24.0. The summed E-state index contributed by atoms with van der Waals surface area (Å²) in [7, 11) is 0. The van der Waals surface area contributed by atoms with Crippen LogP contribution in [-0.2, 0) is 14.2 Å². The molecule has 1 aromatic rings. The van der Waals surface area contributed by atoms with Gasteiger partial charge < -0.3 is 34.8 Å². The highest BCUT2D eigenvalue weighted by atomic mass is 127. The minimum atomic E-state index is -1.75. The highest BCUT2D eigenvalue weighted by Crippen LogP contribution is 2.27. The van der Waals surface area contributed by atoms with Crippen molar-refractivity contribution < 1.29 is 39.1 Å². The Kier molecular flexibility index (Phi) is 7.98. The van der Waals surface area contributed by atoms with Crippen LogP contribution in [0.2, 0.25) is 0 Å². The van der Waals surface area contributed by atoms with Crippen molar-refractivity contribution in [1.82, 2.24) is 10.2 Å². The lowest BCUT2D eigenvalue weighted by molar-refractivity contribution is -0.0666. The molecule has 2 fully saturated rings. The van der Waals surface area contributed by atoms with Gasteiger partial charge in [-0.3, -0.25) is 15.4 Å². The summed E-state index contributed by atoms with van der Waals surface area (Å²) in [5.41, 5.74) is 4.63. The van der Waals surface area contributed by atoms with Crippen LogP contribution in [0.4, 0.5) is 4.79 Å². The van der Waals surface area contributed by atoms with Gasteiger partial charge in [0.1, 0.15) is 25.1 Å². The molecule has 0 aliphatic carbocycles. The maximum absolute atomic E-state index is 12.7. The van der Waals surface area contributed by atoms with E-state index in [0.29, 0.717) is 12.4 Å². The maximum Gasteiger partial charge on any atom is 0.325 e. The second-order valence-corrected chi connectivity index (χ2v) is 8.27. The zero-order valence-corrected chi connectivity index (χ0v) is 18.5. The minimum Gasteiger partial charge on any atom is -0.394 e. The maximum atomic E-state index is 12.7. The highest BCUT2D eigenvalue weighted by Gasteiger charge is 2.48. The number of nitrogens with one attached hydrogen (secondary N) is 1. The molecule has 2 amide bonds. The number of aliphatic hydroxyl groups excluding tert-OH is 3. The summed E-state index contributed by atoms with van der Waals surface area (Å²) in [5.74, 6) is -0.501. The Morgan fingerprint density at radius 1 is 1.23 bits per heavy atom. The molecule has 0 bridgehead atoms. The Morgan fingerprint density at radius 2 is 1.87 bits per heavy atom. The van der Waals surface area contributed by atoms with E-state index in [1.807, 2.05) is 0 Å². The topological polar surface area (TPSA) is 164 Å². The number of Topliss-reactive ketones (excluding diaryl/α,β-unsaturated/α-hetero) is 1. The van der Waals surface area contributed by atoms with Crippen molar-refractivity contribution in [2.45, 2.75) is 30.2 Å². The van der Waals surface area contributed by atoms with Gasteiger partial charge in [-0.05, 0) is 40.8 Å². The second-order valence-electron chi connectivity index (χ2n) is 7.02. The number of carbonyl (C=O) groups is 2. The predicted molar refractivity (Wildman–Crippen MR) is 114 cm³/mol. The number of ketones is 1. The van der Waals surface area contributed by atoms with E-state index in [4.69, 9.17) is 25.1 Å². The van der Waals surface area contributed by atoms with Crippen LogP contribution in [0.3, 0.4) is 0 Å².